The molecule has 0 aliphatic rings. The Labute approximate surface area is 108 Å². The second-order valence-corrected chi connectivity index (χ2v) is 5.55. The maximum atomic E-state index is 11.8. The van der Waals surface area contributed by atoms with E-state index < -0.39 is 0 Å². The maximum absolute atomic E-state index is 11.8. The van der Waals surface area contributed by atoms with Crippen molar-refractivity contribution in [2.75, 3.05) is 6.54 Å². The van der Waals surface area contributed by atoms with Crippen molar-refractivity contribution in [3.63, 3.8) is 0 Å². The molecule has 6 heteroatoms. The molecule has 1 unspecified atom stereocenters. The summed E-state index contributed by atoms with van der Waals surface area (Å²) < 4.78 is 3.80. The van der Waals surface area contributed by atoms with E-state index in [4.69, 9.17) is 0 Å². The molecular weight excluding hydrogens is 290 g/mol. The average molecular weight is 306 g/mol. The predicted molar refractivity (Wildman–Crippen MR) is 69.2 cm³/mol. The Morgan fingerprint density at radius 2 is 2.31 bits per heavy atom. The largest absolute Gasteiger partial charge is 0.350 e. The van der Waals surface area contributed by atoms with Crippen LogP contribution in [0.5, 0.6) is 0 Å². The van der Waals surface area contributed by atoms with Crippen LogP contribution in [0.1, 0.15) is 42.1 Å². The molecule has 0 aromatic carbocycles. The van der Waals surface area contributed by atoms with Crippen molar-refractivity contribution >= 4 is 33.4 Å². The number of nitrogens with zero attached hydrogens (tertiary/aromatic N) is 2. The Balaban J connectivity index is 2.46. The topological polar surface area (TPSA) is 54.9 Å². The van der Waals surface area contributed by atoms with E-state index in [9.17, 15) is 4.79 Å². The van der Waals surface area contributed by atoms with E-state index in [1.807, 2.05) is 6.92 Å². The predicted octanol–water partition coefficient (Wildman–Crippen LogP) is 2.39. The van der Waals surface area contributed by atoms with Crippen LogP contribution in [0.15, 0.2) is 0 Å². The standard InChI is InChI=1S/C10H16BrN3OS/c1-3-5-7(11)6-12-10(15)9-8(4-2)13-14-16-9/h7H,3-6H2,1-2H3,(H,12,15). The summed E-state index contributed by atoms with van der Waals surface area (Å²) in [6, 6.07) is 0. The van der Waals surface area contributed by atoms with Crippen molar-refractivity contribution in [3.8, 4) is 0 Å². The molecule has 1 N–H and O–H groups in total. The molecular formula is C10H16BrN3OS. The highest BCUT2D eigenvalue weighted by Gasteiger charge is 2.15. The minimum atomic E-state index is -0.0626. The van der Waals surface area contributed by atoms with Crippen molar-refractivity contribution in [3.05, 3.63) is 10.6 Å². The lowest BCUT2D eigenvalue weighted by Gasteiger charge is -2.09. The van der Waals surface area contributed by atoms with Gasteiger partial charge in [-0.25, -0.2) is 0 Å². The first-order valence-electron chi connectivity index (χ1n) is 5.42. The smallest absolute Gasteiger partial charge is 0.264 e. The number of aryl methyl sites for hydroxylation is 1. The van der Waals surface area contributed by atoms with Gasteiger partial charge in [-0.15, -0.1) is 5.10 Å². The zero-order chi connectivity index (χ0) is 12.0. The van der Waals surface area contributed by atoms with Gasteiger partial charge in [-0.05, 0) is 24.4 Å². The molecule has 0 saturated heterocycles. The molecule has 4 nitrogen and oxygen atoms in total. The fourth-order valence-corrected chi connectivity index (χ4v) is 2.60. The number of carbonyl (C=O) groups is 1. The lowest BCUT2D eigenvalue weighted by Crippen LogP contribution is -2.29. The Hall–Kier alpha value is -0.490. The zero-order valence-electron chi connectivity index (χ0n) is 9.49. The molecule has 1 aromatic heterocycles. The summed E-state index contributed by atoms with van der Waals surface area (Å²) in [6.45, 7) is 4.74. The molecule has 0 radical (unpaired) electrons. The number of alkyl halides is 1. The lowest BCUT2D eigenvalue weighted by atomic mass is 10.2. The number of hydrogen-bond acceptors (Lipinski definition) is 4. The minimum Gasteiger partial charge on any atom is -0.350 e. The van der Waals surface area contributed by atoms with Crippen LogP contribution in [-0.2, 0) is 6.42 Å². The van der Waals surface area contributed by atoms with Crippen LogP contribution < -0.4 is 5.32 Å². The monoisotopic (exact) mass is 305 g/mol. The van der Waals surface area contributed by atoms with Crippen LogP contribution in [0.25, 0.3) is 0 Å². The highest BCUT2D eigenvalue weighted by molar-refractivity contribution is 9.09. The second-order valence-electron chi connectivity index (χ2n) is 3.50. The number of nitrogens with one attached hydrogen (secondary N) is 1. The summed E-state index contributed by atoms with van der Waals surface area (Å²) in [5, 5.41) is 6.80. The molecule has 1 rings (SSSR count). The van der Waals surface area contributed by atoms with E-state index in [-0.39, 0.29) is 5.91 Å². The third-order valence-electron chi connectivity index (χ3n) is 2.18. The van der Waals surface area contributed by atoms with Gasteiger partial charge in [-0.1, -0.05) is 40.7 Å². The average Bonchev–Trinajstić information content (AvgIpc) is 2.74. The fourth-order valence-electron chi connectivity index (χ4n) is 1.31. The quantitative estimate of drug-likeness (QED) is 0.821. The van der Waals surface area contributed by atoms with Gasteiger partial charge in [0.15, 0.2) is 0 Å². The van der Waals surface area contributed by atoms with Crippen LogP contribution >= 0.6 is 27.5 Å². The number of carbonyl (C=O) groups excluding carboxylic acids is 1. The van der Waals surface area contributed by atoms with E-state index in [0.29, 0.717) is 16.2 Å². The van der Waals surface area contributed by atoms with Gasteiger partial charge in [0.1, 0.15) is 4.88 Å². The normalized spacial score (nSPS) is 12.4. The first-order chi connectivity index (χ1) is 7.69. The van der Waals surface area contributed by atoms with Crippen molar-refractivity contribution in [2.45, 2.75) is 37.9 Å². The summed E-state index contributed by atoms with van der Waals surface area (Å²) in [5.41, 5.74) is 0.782. The van der Waals surface area contributed by atoms with E-state index in [1.165, 1.54) is 0 Å². The van der Waals surface area contributed by atoms with Gasteiger partial charge in [0.25, 0.3) is 5.91 Å². The number of halogens is 1. The van der Waals surface area contributed by atoms with Crippen molar-refractivity contribution < 1.29 is 4.79 Å². The van der Waals surface area contributed by atoms with E-state index in [2.05, 4.69) is 37.8 Å². The van der Waals surface area contributed by atoms with Gasteiger partial charge >= 0.3 is 0 Å². The van der Waals surface area contributed by atoms with Crippen LogP contribution in [0.4, 0.5) is 0 Å². The number of amides is 1. The maximum Gasteiger partial charge on any atom is 0.264 e. The van der Waals surface area contributed by atoms with Crippen LogP contribution in [-0.4, -0.2) is 26.9 Å². The van der Waals surface area contributed by atoms with Crippen molar-refractivity contribution in [2.24, 2.45) is 0 Å². The Kier molecular flexibility index (Phi) is 5.90. The third-order valence-corrected chi connectivity index (χ3v) is 3.73. The van der Waals surface area contributed by atoms with Crippen molar-refractivity contribution in [1.29, 1.82) is 0 Å². The molecule has 0 bridgehead atoms. The molecule has 1 heterocycles. The fraction of sp³-hybridized carbons (Fsp3) is 0.700. The third kappa shape index (κ3) is 3.83. The molecule has 1 atom stereocenters. The summed E-state index contributed by atoms with van der Waals surface area (Å²) in [4.78, 5) is 12.8. The minimum absolute atomic E-state index is 0.0626. The van der Waals surface area contributed by atoms with Gasteiger partial charge in [0, 0.05) is 11.4 Å². The molecule has 0 fully saturated rings. The summed E-state index contributed by atoms with van der Waals surface area (Å²) >= 11 is 4.68. The van der Waals surface area contributed by atoms with Crippen molar-refractivity contribution in [1.82, 2.24) is 14.9 Å². The van der Waals surface area contributed by atoms with Gasteiger partial charge in [-0.3, -0.25) is 4.79 Å². The highest BCUT2D eigenvalue weighted by Crippen LogP contribution is 2.11. The van der Waals surface area contributed by atoms with E-state index in [0.717, 1.165) is 36.5 Å². The summed E-state index contributed by atoms with van der Waals surface area (Å²) in [6.07, 6.45) is 2.90. The number of aromatic nitrogens is 2. The Morgan fingerprint density at radius 3 is 2.94 bits per heavy atom. The van der Waals surface area contributed by atoms with Crippen LogP contribution in [0, 0.1) is 0 Å². The Morgan fingerprint density at radius 1 is 1.56 bits per heavy atom. The molecule has 0 spiro atoms. The van der Waals surface area contributed by atoms with E-state index >= 15 is 0 Å². The summed E-state index contributed by atoms with van der Waals surface area (Å²) in [7, 11) is 0. The van der Waals surface area contributed by atoms with Gasteiger partial charge < -0.3 is 5.32 Å². The second kappa shape index (κ2) is 6.96. The van der Waals surface area contributed by atoms with Gasteiger partial charge in [0.2, 0.25) is 0 Å². The molecule has 1 amide bonds. The highest BCUT2D eigenvalue weighted by atomic mass is 79.9. The first kappa shape index (κ1) is 13.6. The zero-order valence-corrected chi connectivity index (χ0v) is 11.9. The molecule has 90 valence electrons. The SMILES string of the molecule is CCCC(Br)CNC(=O)c1snnc1CC. The van der Waals surface area contributed by atoms with Gasteiger partial charge in [-0.2, -0.15) is 0 Å². The lowest BCUT2D eigenvalue weighted by molar-refractivity contribution is 0.0956. The Bertz CT molecular complexity index is 343. The van der Waals surface area contributed by atoms with Crippen LogP contribution in [0.3, 0.4) is 0 Å². The number of rotatable bonds is 6. The molecule has 0 aliphatic carbocycles. The van der Waals surface area contributed by atoms with Crippen LogP contribution in [0.2, 0.25) is 0 Å². The molecule has 0 aliphatic heterocycles. The number of hydrogen-bond donors (Lipinski definition) is 1. The molecule has 16 heavy (non-hydrogen) atoms. The molecule has 1 aromatic rings. The van der Waals surface area contributed by atoms with Gasteiger partial charge in [0.05, 0.1) is 5.69 Å². The first-order valence-corrected chi connectivity index (χ1v) is 7.11. The summed E-state index contributed by atoms with van der Waals surface area (Å²) in [5.74, 6) is -0.0626. The molecule has 0 saturated carbocycles. The van der Waals surface area contributed by atoms with E-state index in [1.54, 1.807) is 0 Å².